The topological polar surface area (TPSA) is 54.0 Å². The van der Waals surface area contributed by atoms with E-state index in [1.807, 2.05) is 73.8 Å². The molecular weight excluding hydrogens is 296 g/mol. The Morgan fingerprint density at radius 2 is 1.54 bits per heavy atom. The van der Waals surface area contributed by atoms with Gasteiger partial charge in [-0.25, -0.2) is 9.50 Å². The molecule has 0 radical (unpaired) electrons. The molecule has 0 unspecified atom stereocenters. The summed E-state index contributed by atoms with van der Waals surface area (Å²) in [7, 11) is 0. The molecule has 0 saturated heterocycles. The van der Waals surface area contributed by atoms with E-state index in [2.05, 4.69) is 16.2 Å². The van der Waals surface area contributed by atoms with E-state index in [-0.39, 0.29) is 0 Å². The highest BCUT2D eigenvalue weighted by atomic mass is 15.3. The fraction of sp³-hybridized carbons (Fsp3) is 0.0500. The lowest BCUT2D eigenvalue weighted by Gasteiger charge is -2.13. The van der Waals surface area contributed by atoms with Crippen molar-refractivity contribution >= 4 is 5.65 Å². The molecule has 0 fully saturated rings. The minimum atomic E-state index is 0.545. The first-order valence-corrected chi connectivity index (χ1v) is 7.69. The summed E-state index contributed by atoms with van der Waals surface area (Å²) in [4.78, 5) is 4.43. The normalized spacial score (nSPS) is 10.7. The van der Waals surface area contributed by atoms with Crippen molar-refractivity contribution in [1.29, 1.82) is 5.26 Å². The molecule has 4 aromatic rings. The van der Waals surface area contributed by atoms with Crippen molar-refractivity contribution < 1.29 is 0 Å². The van der Waals surface area contributed by atoms with Gasteiger partial charge in [-0.2, -0.15) is 10.4 Å². The molecule has 0 saturated carbocycles. The van der Waals surface area contributed by atoms with Crippen molar-refractivity contribution in [3.05, 3.63) is 78.2 Å². The predicted octanol–water partition coefficient (Wildman–Crippen LogP) is 4.24. The van der Waals surface area contributed by atoms with Crippen LogP contribution in [0, 0.1) is 18.3 Å². The third kappa shape index (κ3) is 2.24. The number of fused-ring (bicyclic) bond motifs is 1. The van der Waals surface area contributed by atoms with E-state index in [1.54, 1.807) is 4.52 Å². The second-order valence-electron chi connectivity index (χ2n) is 5.56. The van der Waals surface area contributed by atoms with Gasteiger partial charge in [-0.15, -0.1) is 0 Å². The van der Waals surface area contributed by atoms with Gasteiger partial charge in [0.1, 0.15) is 17.5 Å². The van der Waals surface area contributed by atoms with Gasteiger partial charge in [-0.05, 0) is 18.1 Å². The Kier molecular flexibility index (Phi) is 3.33. The summed E-state index contributed by atoms with van der Waals surface area (Å²) in [6.07, 6.45) is 1.95. The minimum absolute atomic E-state index is 0.545. The molecule has 0 bridgehead atoms. The average molecular weight is 310 g/mol. The van der Waals surface area contributed by atoms with Gasteiger partial charge >= 0.3 is 0 Å². The average Bonchev–Trinajstić information content (AvgIpc) is 3.01. The van der Waals surface area contributed by atoms with Crippen LogP contribution in [-0.4, -0.2) is 14.6 Å². The summed E-state index contributed by atoms with van der Waals surface area (Å²) >= 11 is 0. The SMILES string of the molecule is Cc1nc2c(C#N)c(-c3ccccc3)c(-c3ccccc3)cn2n1. The highest BCUT2D eigenvalue weighted by molar-refractivity contribution is 5.90. The maximum Gasteiger partial charge on any atom is 0.173 e. The van der Waals surface area contributed by atoms with Gasteiger partial charge in [-0.1, -0.05) is 60.7 Å². The Morgan fingerprint density at radius 1 is 0.917 bits per heavy atom. The molecule has 0 atom stereocenters. The molecule has 24 heavy (non-hydrogen) atoms. The zero-order chi connectivity index (χ0) is 16.5. The van der Waals surface area contributed by atoms with Crippen LogP contribution in [0.4, 0.5) is 0 Å². The fourth-order valence-corrected chi connectivity index (χ4v) is 2.97. The quantitative estimate of drug-likeness (QED) is 0.556. The summed E-state index contributed by atoms with van der Waals surface area (Å²) in [6.45, 7) is 1.83. The molecule has 2 aromatic carbocycles. The van der Waals surface area contributed by atoms with Gasteiger partial charge in [0.2, 0.25) is 0 Å². The van der Waals surface area contributed by atoms with Crippen LogP contribution in [0.5, 0.6) is 0 Å². The van der Waals surface area contributed by atoms with E-state index in [4.69, 9.17) is 0 Å². The van der Waals surface area contributed by atoms with Crippen molar-refractivity contribution in [1.82, 2.24) is 14.6 Å². The first-order chi connectivity index (χ1) is 11.8. The number of aromatic nitrogens is 3. The highest BCUT2D eigenvalue weighted by Crippen LogP contribution is 2.36. The lowest BCUT2D eigenvalue weighted by Crippen LogP contribution is -1.98. The number of rotatable bonds is 2. The summed E-state index contributed by atoms with van der Waals surface area (Å²) in [5.41, 5.74) is 5.04. The van der Waals surface area contributed by atoms with E-state index in [9.17, 15) is 5.26 Å². The van der Waals surface area contributed by atoms with Crippen LogP contribution < -0.4 is 0 Å². The van der Waals surface area contributed by atoms with Crippen LogP contribution in [0.15, 0.2) is 66.9 Å². The van der Waals surface area contributed by atoms with Gasteiger partial charge in [0.15, 0.2) is 5.65 Å². The van der Waals surface area contributed by atoms with E-state index >= 15 is 0 Å². The second-order valence-corrected chi connectivity index (χ2v) is 5.56. The lowest BCUT2D eigenvalue weighted by molar-refractivity contribution is 0.931. The molecule has 4 rings (SSSR count). The number of benzene rings is 2. The molecule has 114 valence electrons. The molecule has 0 spiro atoms. The van der Waals surface area contributed by atoms with E-state index in [1.165, 1.54) is 0 Å². The minimum Gasteiger partial charge on any atom is -0.219 e. The second kappa shape index (κ2) is 5.64. The Morgan fingerprint density at radius 3 is 2.17 bits per heavy atom. The first-order valence-electron chi connectivity index (χ1n) is 7.69. The predicted molar refractivity (Wildman–Crippen MR) is 93.3 cm³/mol. The number of aryl methyl sites for hydroxylation is 1. The molecule has 0 aliphatic carbocycles. The fourth-order valence-electron chi connectivity index (χ4n) is 2.97. The number of nitriles is 1. The molecule has 0 aliphatic heterocycles. The maximum atomic E-state index is 9.83. The molecule has 0 aliphatic rings. The summed E-state index contributed by atoms with van der Waals surface area (Å²) < 4.78 is 1.70. The van der Waals surface area contributed by atoms with E-state index in [0.29, 0.717) is 17.0 Å². The van der Waals surface area contributed by atoms with Crippen molar-refractivity contribution in [2.75, 3.05) is 0 Å². The third-order valence-electron chi connectivity index (χ3n) is 3.99. The zero-order valence-electron chi connectivity index (χ0n) is 13.1. The Balaban J connectivity index is 2.16. The van der Waals surface area contributed by atoms with Crippen molar-refractivity contribution in [3.63, 3.8) is 0 Å². The number of hydrogen-bond donors (Lipinski definition) is 0. The number of pyridine rings is 1. The van der Waals surface area contributed by atoms with E-state index in [0.717, 1.165) is 22.3 Å². The molecule has 0 N–H and O–H groups in total. The monoisotopic (exact) mass is 310 g/mol. The summed E-state index contributed by atoms with van der Waals surface area (Å²) in [5, 5.41) is 14.2. The summed E-state index contributed by atoms with van der Waals surface area (Å²) in [6, 6.07) is 22.3. The van der Waals surface area contributed by atoms with Crippen LogP contribution in [0.1, 0.15) is 11.4 Å². The molecule has 2 heterocycles. The molecule has 4 heteroatoms. The molecule has 2 aromatic heterocycles. The number of nitrogens with zero attached hydrogens (tertiary/aromatic N) is 4. The van der Waals surface area contributed by atoms with Crippen LogP contribution in [-0.2, 0) is 0 Å². The number of hydrogen-bond acceptors (Lipinski definition) is 3. The Hall–Kier alpha value is -3.45. The van der Waals surface area contributed by atoms with Gasteiger partial charge in [0.25, 0.3) is 0 Å². The van der Waals surface area contributed by atoms with E-state index < -0.39 is 0 Å². The third-order valence-corrected chi connectivity index (χ3v) is 3.99. The van der Waals surface area contributed by atoms with Crippen LogP contribution in [0.2, 0.25) is 0 Å². The van der Waals surface area contributed by atoms with Crippen molar-refractivity contribution in [2.45, 2.75) is 6.92 Å². The molecule has 4 nitrogen and oxygen atoms in total. The van der Waals surface area contributed by atoms with Gasteiger partial charge in [0.05, 0.1) is 0 Å². The largest absolute Gasteiger partial charge is 0.219 e. The highest BCUT2D eigenvalue weighted by Gasteiger charge is 2.18. The Bertz CT molecular complexity index is 1060. The Labute approximate surface area is 139 Å². The van der Waals surface area contributed by atoms with Gasteiger partial charge < -0.3 is 0 Å². The standard InChI is InChI=1S/C20H14N4/c1-14-22-20-17(12-21)19(16-10-6-3-7-11-16)18(13-24(20)23-14)15-8-4-2-5-9-15/h2-11,13H,1H3. The van der Waals surface area contributed by atoms with Crippen LogP contribution in [0.25, 0.3) is 27.9 Å². The smallest absolute Gasteiger partial charge is 0.173 e. The first kappa shape index (κ1) is 14.2. The van der Waals surface area contributed by atoms with Crippen molar-refractivity contribution in [2.24, 2.45) is 0 Å². The molecule has 0 amide bonds. The maximum absolute atomic E-state index is 9.83. The molecular formula is C20H14N4. The lowest BCUT2D eigenvalue weighted by atomic mass is 9.93. The zero-order valence-corrected chi connectivity index (χ0v) is 13.1. The van der Waals surface area contributed by atoms with Crippen molar-refractivity contribution in [3.8, 4) is 28.3 Å². The van der Waals surface area contributed by atoms with Crippen LogP contribution >= 0.6 is 0 Å². The van der Waals surface area contributed by atoms with Gasteiger partial charge in [0, 0.05) is 17.3 Å². The summed E-state index contributed by atoms with van der Waals surface area (Å²) in [5.74, 6) is 0.649. The van der Waals surface area contributed by atoms with Crippen LogP contribution in [0.3, 0.4) is 0 Å². The van der Waals surface area contributed by atoms with Gasteiger partial charge in [-0.3, -0.25) is 0 Å².